The monoisotopic (exact) mass is 428 g/mol. The summed E-state index contributed by atoms with van der Waals surface area (Å²) in [6.45, 7) is 2.61. The Bertz CT molecular complexity index is 1270. The summed E-state index contributed by atoms with van der Waals surface area (Å²) in [7, 11) is 5.01. The van der Waals surface area contributed by atoms with Gasteiger partial charge in [-0.3, -0.25) is 9.97 Å². The summed E-state index contributed by atoms with van der Waals surface area (Å²) in [6.07, 6.45) is 5.13. The van der Waals surface area contributed by atoms with Gasteiger partial charge in [0.2, 0.25) is 0 Å². The number of ether oxygens (including phenoxy) is 2. The van der Waals surface area contributed by atoms with Crippen LogP contribution in [0, 0.1) is 6.92 Å². The molecule has 0 fully saturated rings. The molecule has 162 valence electrons. The van der Waals surface area contributed by atoms with E-state index in [1.54, 1.807) is 19.4 Å². The van der Waals surface area contributed by atoms with E-state index in [0.717, 1.165) is 44.9 Å². The third-order valence-corrected chi connectivity index (χ3v) is 5.34. The van der Waals surface area contributed by atoms with Gasteiger partial charge in [0.05, 0.1) is 25.3 Å². The molecule has 1 aromatic carbocycles. The second kappa shape index (κ2) is 9.01. The predicted molar refractivity (Wildman–Crippen MR) is 124 cm³/mol. The largest absolute Gasteiger partial charge is 0.497 e. The highest BCUT2D eigenvalue weighted by molar-refractivity contribution is 5.91. The highest BCUT2D eigenvalue weighted by Crippen LogP contribution is 2.27. The molecule has 0 radical (unpaired) electrons. The summed E-state index contributed by atoms with van der Waals surface area (Å²) in [6, 6.07) is 13.7. The molecule has 0 aliphatic rings. The van der Waals surface area contributed by atoms with Crippen molar-refractivity contribution >= 4 is 22.7 Å². The summed E-state index contributed by atoms with van der Waals surface area (Å²) in [5, 5.41) is 0.909. The van der Waals surface area contributed by atoms with Crippen molar-refractivity contribution in [2.75, 3.05) is 26.2 Å². The molecular weight excluding hydrogens is 404 g/mol. The number of aromatic nitrogens is 3. The van der Waals surface area contributed by atoms with Crippen molar-refractivity contribution in [1.29, 1.82) is 0 Å². The molecule has 0 aliphatic carbocycles. The Hall–Kier alpha value is -4.00. The average molecular weight is 428 g/mol. The van der Waals surface area contributed by atoms with Gasteiger partial charge in [-0.1, -0.05) is 12.1 Å². The molecule has 0 saturated heterocycles. The third-order valence-electron chi connectivity index (χ3n) is 5.34. The number of pyridine rings is 3. The molecule has 7 nitrogen and oxygen atoms in total. The van der Waals surface area contributed by atoms with Gasteiger partial charge in [-0.25, -0.2) is 9.78 Å². The molecule has 0 N–H and O–H groups in total. The Balaban J connectivity index is 1.60. The van der Waals surface area contributed by atoms with E-state index in [4.69, 9.17) is 9.47 Å². The second-order valence-electron chi connectivity index (χ2n) is 7.51. The number of nitrogens with zero attached hydrogens (tertiary/aromatic N) is 4. The van der Waals surface area contributed by atoms with Crippen molar-refractivity contribution in [3.8, 4) is 16.9 Å². The van der Waals surface area contributed by atoms with Crippen LogP contribution in [0.1, 0.15) is 21.6 Å². The molecule has 4 rings (SSSR count). The van der Waals surface area contributed by atoms with Crippen molar-refractivity contribution in [2.45, 2.75) is 13.5 Å². The van der Waals surface area contributed by atoms with Gasteiger partial charge < -0.3 is 14.4 Å². The zero-order chi connectivity index (χ0) is 22.7. The zero-order valence-corrected chi connectivity index (χ0v) is 18.5. The van der Waals surface area contributed by atoms with E-state index >= 15 is 0 Å². The van der Waals surface area contributed by atoms with Crippen molar-refractivity contribution in [3.63, 3.8) is 0 Å². The summed E-state index contributed by atoms with van der Waals surface area (Å²) in [5.74, 6) is 1.25. The molecule has 4 aromatic rings. The lowest BCUT2D eigenvalue weighted by atomic mass is 10.0. The number of anilines is 1. The predicted octanol–water partition coefficient (Wildman–Crippen LogP) is 4.43. The van der Waals surface area contributed by atoms with E-state index < -0.39 is 5.97 Å². The van der Waals surface area contributed by atoms with Gasteiger partial charge in [0.15, 0.2) is 0 Å². The molecule has 3 heterocycles. The average Bonchev–Trinajstić information content (AvgIpc) is 2.83. The fourth-order valence-electron chi connectivity index (χ4n) is 3.51. The number of methoxy groups -OCH3 is 2. The van der Waals surface area contributed by atoms with Gasteiger partial charge in [0.1, 0.15) is 11.6 Å². The standard InChI is InChI=1S/C25H24N4O3/c1-16-22(10-20(14-26-16)25(30)32-4)18-9-19-13-28-24(11-23(19)27-12-18)29(2)15-17-5-7-21(31-3)8-6-17/h5-14H,15H2,1-4H3. The van der Waals surface area contributed by atoms with Crippen LogP contribution in [-0.2, 0) is 11.3 Å². The number of aryl methyl sites for hydroxylation is 1. The molecule has 0 bridgehead atoms. The Morgan fingerprint density at radius 2 is 1.75 bits per heavy atom. The molecular formula is C25H24N4O3. The SMILES string of the molecule is COC(=O)c1cnc(C)c(-c2cnc3cc(N(C)Cc4ccc(OC)cc4)ncc3c2)c1. The molecule has 0 spiro atoms. The molecule has 0 saturated carbocycles. The number of esters is 1. The van der Waals surface area contributed by atoms with Crippen LogP contribution in [0.15, 0.2) is 61.1 Å². The minimum Gasteiger partial charge on any atom is -0.497 e. The first-order valence-electron chi connectivity index (χ1n) is 10.1. The van der Waals surface area contributed by atoms with Crippen LogP contribution in [0.2, 0.25) is 0 Å². The molecule has 32 heavy (non-hydrogen) atoms. The van der Waals surface area contributed by atoms with Gasteiger partial charge in [-0.05, 0) is 36.8 Å². The van der Waals surface area contributed by atoms with Crippen LogP contribution in [0.3, 0.4) is 0 Å². The van der Waals surface area contributed by atoms with Crippen molar-refractivity contribution in [1.82, 2.24) is 15.0 Å². The zero-order valence-electron chi connectivity index (χ0n) is 18.5. The third kappa shape index (κ3) is 4.37. The maximum absolute atomic E-state index is 11.9. The van der Waals surface area contributed by atoms with Gasteiger partial charge in [0, 0.05) is 60.5 Å². The topological polar surface area (TPSA) is 77.4 Å². The molecule has 0 aliphatic heterocycles. The summed E-state index contributed by atoms with van der Waals surface area (Å²) in [4.78, 5) is 27.6. The smallest absolute Gasteiger partial charge is 0.339 e. The van der Waals surface area contributed by atoms with E-state index in [2.05, 4.69) is 19.9 Å². The first kappa shape index (κ1) is 21.2. The number of benzene rings is 1. The molecule has 3 aromatic heterocycles. The number of rotatable bonds is 6. The van der Waals surface area contributed by atoms with Crippen molar-refractivity contribution in [2.24, 2.45) is 0 Å². The lowest BCUT2D eigenvalue weighted by molar-refractivity contribution is 0.0600. The van der Waals surface area contributed by atoms with Gasteiger partial charge in [0.25, 0.3) is 0 Å². The summed E-state index contributed by atoms with van der Waals surface area (Å²) >= 11 is 0. The van der Waals surface area contributed by atoms with Crippen LogP contribution in [0.25, 0.3) is 22.0 Å². The Labute approximate surface area is 186 Å². The Morgan fingerprint density at radius 3 is 2.47 bits per heavy atom. The summed E-state index contributed by atoms with van der Waals surface area (Å²) in [5.41, 5.74) is 4.92. The highest BCUT2D eigenvalue weighted by atomic mass is 16.5. The van der Waals surface area contributed by atoms with Crippen LogP contribution in [-0.4, -0.2) is 42.2 Å². The van der Waals surface area contributed by atoms with Gasteiger partial charge in [-0.2, -0.15) is 0 Å². The lowest BCUT2D eigenvalue weighted by Gasteiger charge is -2.19. The molecule has 7 heteroatoms. The van der Waals surface area contributed by atoms with E-state index in [1.807, 2.05) is 56.6 Å². The quantitative estimate of drug-likeness (QED) is 0.420. The maximum Gasteiger partial charge on any atom is 0.339 e. The molecule has 0 unspecified atom stereocenters. The van der Waals surface area contributed by atoms with E-state index in [9.17, 15) is 4.79 Å². The van der Waals surface area contributed by atoms with Gasteiger partial charge >= 0.3 is 5.97 Å². The minimum atomic E-state index is -0.418. The fraction of sp³-hybridized carbons (Fsp3) is 0.200. The fourth-order valence-corrected chi connectivity index (χ4v) is 3.51. The molecule has 0 amide bonds. The van der Waals surface area contributed by atoms with E-state index in [-0.39, 0.29) is 0 Å². The van der Waals surface area contributed by atoms with Crippen LogP contribution < -0.4 is 9.64 Å². The van der Waals surface area contributed by atoms with Crippen LogP contribution in [0.5, 0.6) is 5.75 Å². The van der Waals surface area contributed by atoms with Crippen molar-refractivity contribution in [3.05, 3.63) is 77.9 Å². The number of carbonyl (C=O) groups excluding carboxylic acids is 1. The first-order chi connectivity index (χ1) is 15.5. The Kier molecular flexibility index (Phi) is 5.98. The summed E-state index contributed by atoms with van der Waals surface area (Å²) < 4.78 is 10.0. The number of fused-ring (bicyclic) bond motifs is 1. The maximum atomic E-state index is 11.9. The minimum absolute atomic E-state index is 0.404. The highest BCUT2D eigenvalue weighted by Gasteiger charge is 2.12. The molecule has 0 atom stereocenters. The van der Waals surface area contributed by atoms with Gasteiger partial charge in [-0.15, -0.1) is 0 Å². The Morgan fingerprint density at radius 1 is 0.969 bits per heavy atom. The lowest BCUT2D eigenvalue weighted by Crippen LogP contribution is -2.17. The van der Waals surface area contributed by atoms with Crippen LogP contribution >= 0.6 is 0 Å². The second-order valence-corrected chi connectivity index (χ2v) is 7.51. The normalized spacial score (nSPS) is 10.8. The van der Waals surface area contributed by atoms with E-state index in [0.29, 0.717) is 12.1 Å². The van der Waals surface area contributed by atoms with Crippen LogP contribution in [0.4, 0.5) is 5.82 Å². The van der Waals surface area contributed by atoms with E-state index in [1.165, 1.54) is 13.3 Å². The number of carbonyl (C=O) groups is 1. The number of hydrogen-bond acceptors (Lipinski definition) is 7. The first-order valence-corrected chi connectivity index (χ1v) is 10.1. The van der Waals surface area contributed by atoms with Crippen molar-refractivity contribution < 1.29 is 14.3 Å². The number of hydrogen-bond donors (Lipinski definition) is 0.